The van der Waals surface area contributed by atoms with Gasteiger partial charge in [0.1, 0.15) is 5.75 Å². The molecule has 3 rings (SSSR count). The second-order valence-corrected chi connectivity index (χ2v) is 7.66. The third-order valence-corrected chi connectivity index (χ3v) is 5.27. The molecule has 0 aliphatic carbocycles. The normalized spacial score (nSPS) is 15.0. The molecular weight excluding hydrogens is 390 g/mol. The molecule has 1 aliphatic heterocycles. The van der Waals surface area contributed by atoms with Gasteiger partial charge in [-0.05, 0) is 55.0 Å². The summed E-state index contributed by atoms with van der Waals surface area (Å²) in [7, 11) is 1.69. The predicted octanol–water partition coefficient (Wildman–Crippen LogP) is 3.69. The van der Waals surface area contributed by atoms with Gasteiger partial charge in [0.05, 0.1) is 26.4 Å². The lowest BCUT2D eigenvalue weighted by Gasteiger charge is -2.22. The Hall–Kier alpha value is -2.57. The molecule has 0 radical (unpaired) electrons. The lowest BCUT2D eigenvalue weighted by atomic mass is 10.1. The summed E-state index contributed by atoms with van der Waals surface area (Å²) in [6.07, 6.45) is 3.20. The van der Waals surface area contributed by atoms with Crippen LogP contribution in [-0.4, -0.2) is 45.5 Å². The van der Waals surface area contributed by atoms with Gasteiger partial charge in [-0.3, -0.25) is 0 Å². The van der Waals surface area contributed by atoms with Crippen molar-refractivity contribution in [1.82, 2.24) is 10.6 Å². The van der Waals surface area contributed by atoms with Gasteiger partial charge in [0.25, 0.3) is 0 Å². The van der Waals surface area contributed by atoms with E-state index < -0.39 is 0 Å². The molecule has 2 aromatic carbocycles. The SMILES string of the molecule is CCNC(=NCc1cccc(COC2CCOCC2)c1)NCCc1ccc(OC)cc1. The molecule has 2 aromatic rings. The highest BCUT2D eigenvalue weighted by atomic mass is 16.5. The van der Waals surface area contributed by atoms with Crippen molar-refractivity contribution in [2.24, 2.45) is 4.99 Å². The van der Waals surface area contributed by atoms with Crippen LogP contribution in [0.1, 0.15) is 36.5 Å². The van der Waals surface area contributed by atoms with Crippen molar-refractivity contribution >= 4 is 5.96 Å². The first-order chi connectivity index (χ1) is 15.3. The summed E-state index contributed by atoms with van der Waals surface area (Å²) in [5.74, 6) is 1.71. The summed E-state index contributed by atoms with van der Waals surface area (Å²) in [6.45, 7) is 6.60. The molecule has 168 valence electrons. The first-order valence-corrected chi connectivity index (χ1v) is 11.2. The maximum Gasteiger partial charge on any atom is 0.191 e. The lowest BCUT2D eigenvalue weighted by Crippen LogP contribution is -2.38. The fraction of sp³-hybridized carbons (Fsp3) is 0.480. The van der Waals surface area contributed by atoms with E-state index in [1.54, 1.807) is 7.11 Å². The molecule has 0 unspecified atom stereocenters. The molecule has 1 aliphatic rings. The average Bonchev–Trinajstić information content (AvgIpc) is 2.82. The molecule has 2 N–H and O–H groups in total. The van der Waals surface area contributed by atoms with Gasteiger partial charge in [0.2, 0.25) is 0 Å². The number of nitrogens with zero attached hydrogens (tertiary/aromatic N) is 1. The Kier molecular flexibility index (Phi) is 9.67. The Morgan fingerprint density at radius 3 is 2.55 bits per heavy atom. The number of hydrogen-bond donors (Lipinski definition) is 2. The van der Waals surface area contributed by atoms with E-state index in [9.17, 15) is 0 Å². The quantitative estimate of drug-likeness (QED) is 0.449. The highest BCUT2D eigenvalue weighted by Crippen LogP contribution is 2.15. The molecule has 6 nitrogen and oxygen atoms in total. The number of methoxy groups -OCH3 is 1. The number of rotatable bonds is 10. The maximum absolute atomic E-state index is 6.05. The lowest BCUT2D eigenvalue weighted by molar-refractivity contribution is -0.0390. The summed E-state index contributed by atoms with van der Waals surface area (Å²) in [4.78, 5) is 4.75. The number of aliphatic imine (C=N–C) groups is 1. The molecule has 1 saturated heterocycles. The maximum atomic E-state index is 6.05. The summed E-state index contributed by atoms with van der Waals surface area (Å²) >= 11 is 0. The van der Waals surface area contributed by atoms with Crippen LogP contribution in [0.15, 0.2) is 53.5 Å². The highest BCUT2D eigenvalue weighted by Gasteiger charge is 2.14. The number of hydrogen-bond acceptors (Lipinski definition) is 4. The van der Waals surface area contributed by atoms with Crippen LogP contribution in [0.5, 0.6) is 5.75 Å². The van der Waals surface area contributed by atoms with Gasteiger partial charge in [-0.2, -0.15) is 0 Å². The van der Waals surface area contributed by atoms with E-state index in [0.717, 1.165) is 57.3 Å². The minimum atomic E-state index is 0.311. The number of ether oxygens (including phenoxy) is 3. The van der Waals surface area contributed by atoms with Crippen molar-refractivity contribution in [2.75, 3.05) is 33.4 Å². The van der Waals surface area contributed by atoms with Gasteiger partial charge < -0.3 is 24.8 Å². The zero-order chi connectivity index (χ0) is 21.7. The second-order valence-electron chi connectivity index (χ2n) is 7.66. The molecule has 0 aromatic heterocycles. The zero-order valence-electron chi connectivity index (χ0n) is 18.7. The van der Waals surface area contributed by atoms with Crippen molar-refractivity contribution in [3.8, 4) is 5.75 Å². The second kappa shape index (κ2) is 13.0. The molecule has 1 fully saturated rings. The van der Waals surface area contributed by atoms with Crippen molar-refractivity contribution in [3.63, 3.8) is 0 Å². The monoisotopic (exact) mass is 425 g/mol. The standard InChI is InChI=1S/C25H35N3O3/c1-3-26-25(27-14-11-20-7-9-23(29-2)10-8-20)28-18-21-5-4-6-22(17-21)19-31-24-12-15-30-16-13-24/h4-10,17,24H,3,11-16,18-19H2,1-2H3,(H2,26,27,28). The number of nitrogens with one attached hydrogen (secondary N) is 2. The van der Waals surface area contributed by atoms with Gasteiger partial charge in [-0.25, -0.2) is 4.99 Å². The van der Waals surface area contributed by atoms with E-state index in [1.807, 2.05) is 12.1 Å². The predicted molar refractivity (Wildman–Crippen MR) is 125 cm³/mol. The third kappa shape index (κ3) is 8.23. The summed E-state index contributed by atoms with van der Waals surface area (Å²) < 4.78 is 16.7. The zero-order valence-corrected chi connectivity index (χ0v) is 18.7. The minimum absolute atomic E-state index is 0.311. The third-order valence-electron chi connectivity index (χ3n) is 5.27. The van der Waals surface area contributed by atoms with Crippen LogP contribution >= 0.6 is 0 Å². The summed E-state index contributed by atoms with van der Waals surface area (Å²) in [5.41, 5.74) is 3.64. The van der Waals surface area contributed by atoms with Gasteiger partial charge in [0.15, 0.2) is 5.96 Å². The molecule has 0 spiro atoms. The molecule has 0 saturated carbocycles. The Morgan fingerprint density at radius 2 is 1.81 bits per heavy atom. The van der Waals surface area contributed by atoms with Crippen molar-refractivity contribution in [2.45, 2.75) is 45.4 Å². The van der Waals surface area contributed by atoms with Crippen molar-refractivity contribution < 1.29 is 14.2 Å². The van der Waals surface area contributed by atoms with Gasteiger partial charge in [-0.1, -0.05) is 36.4 Å². The molecule has 6 heteroatoms. The van der Waals surface area contributed by atoms with Gasteiger partial charge >= 0.3 is 0 Å². The van der Waals surface area contributed by atoms with Crippen LogP contribution in [0.3, 0.4) is 0 Å². The van der Waals surface area contributed by atoms with Crippen molar-refractivity contribution in [3.05, 3.63) is 65.2 Å². The molecule has 31 heavy (non-hydrogen) atoms. The average molecular weight is 426 g/mol. The van der Waals surface area contributed by atoms with E-state index in [4.69, 9.17) is 19.2 Å². The van der Waals surface area contributed by atoms with Gasteiger partial charge in [0, 0.05) is 26.3 Å². The van der Waals surface area contributed by atoms with Crippen LogP contribution in [-0.2, 0) is 29.0 Å². The highest BCUT2D eigenvalue weighted by molar-refractivity contribution is 5.79. The molecule has 0 atom stereocenters. The Morgan fingerprint density at radius 1 is 1.03 bits per heavy atom. The van der Waals surface area contributed by atoms with E-state index in [0.29, 0.717) is 19.3 Å². The van der Waals surface area contributed by atoms with Crippen LogP contribution in [0.4, 0.5) is 0 Å². The Bertz CT molecular complexity index is 802. The Labute approximate surface area is 186 Å². The number of benzene rings is 2. The van der Waals surface area contributed by atoms with Crippen LogP contribution in [0.2, 0.25) is 0 Å². The van der Waals surface area contributed by atoms with Crippen LogP contribution in [0, 0.1) is 0 Å². The van der Waals surface area contributed by atoms with E-state index in [2.05, 4.69) is 54.0 Å². The molecular formula is C25H35N3O3. The fourth-order valence-corrected chi connectivity index (χ4v) is 3.50. The first-order valence-electron chi connectivity index (χ1n) is 11.2. The molecule has 0 amide bonds. The molecule has 0 bridgehead atoms. The number of guanidine groups is 1. The fourth-order valence-electron chi connectivity index (χ4n) is 3.50. The summed E-state index contributed by atoms with van der Waals surface area (Å²) in [6, 6.07) is 16.7. The van der Waals surface area contributed by atoms with E-state index in [-0.39, 0.29) is 0 Å². The summed E-state index contributed by atoms with van der Waals surface area (Å²) in [5, 5.41) is 6.74. The van der Waals surface area contributed by atoms with E-state index >= 15 is 0 Å². The minimum Gasteiger partial charge on any atom is -0.497 e. The van der Waals surface area contributed by atoms with E-state index in [1.165, 1.54) is 16.7 Å². The smallest absolute Gasteiger partial charge is 0.191 e. The molecule has 1 heterocycles. The van der Waals surface area contributed by atoms with Crippen LogP contribution in [0.25, 0.3) is 0 Å². The topological polar surface area (TPSA) is 64.1 Å². The Balaban J connectivity index is 1.48. The first kappa shape index (κ1) is 23.1. The van der Waals surface area contributed by atoms with Crippen molar-refractivity contribution in [1.29, 1.82) is 0 Å². The van der Waals surface area contributed by atoms with Crippen LogP contribution < -0.4 is 15.4 Å². The van der Waals surface area contributed by atoms with Gasteiger partial charge in [-0.15, -0.1) is 0 Å². The largest absolute Gasteiger partial charge is 0.497 e.